The van der Waals surface area contributed by atoms with E-state index in [1.54, 1.807) is 0 Å². The first-order valence-corrected chi connectivity index (χ1v) is 7.24. The number of amides is 1. The topological polar surface area (TPSA) is 82.2 Å². The summed E-state index contributed by atoms with van der Waals surface area (Å²) in [6.45, 7) is 2.11. The van der Waals surface area contributed by atoms with Gasteiger partial charge in [-0.3, -0.25) is 4.79 Å². The van der Waals surface area contributed by atoms with Gasteiger partial charge in [0.15, 0.2) is 0 Å². The van der Waals surface area contributed by atoms with Crippen LogP contribution in [0.25, 0.3) is 0 Å². The summed E-state index contributed by atoms with van der Waals surface area (Å²) < 4.78 is 0. The number of carboxylic acids is 1. The molecule has 20 heavy (non-hydrogen) atoms. The third kappa shape index (κ3) is 2.98. The first-order chi connectivity index (χ1) is 9.47. The number of carbonyl (C=O) groups excluding carboxylic acids is 1. The Hall–Kier alpha value is -1.49. The SMILES string of the molecule is CCC1CCC(NC(=O)c2cc(Cl)c[nH]2)(C(=O)O)CC1. The zero-order chi connectivity index (χ0) is 14.8. The van der Waals surface area contributed by atoms with E-state index in [9.17, 15) is 14.7 Å². The van der Waals surface area contributed by atoms with Crippen LogP contribution < -0.4 is 5.32 Å². The maximum Gasteiger partial charge on any atom is 0.329 e. The smallest absolute Gasteiger partial charge is 0.329 e. The predicted octanol–water partition coefficient (Wildman–Crippen LogP) is 2.82. The van der Waals surface area contributed by atoms with Crippen LogP contribution in [0.5, 0.6) is 0 Å². The molecular formula is C14H19ClN2O3. The molecule has 3 N–H and O–H groups in total. The standard InChI is InChI=1S/C14H19ClN2O3/c1-2-9-3-5-14(6-4-9,13(19)20)17-12(18)11-7-10(15)8-16-11/h7-9,16H,2-6H2,1H3,(H,17,18)(H,19,20). The zero-order valence-corrected chi connectivity index (χ0v) is 12.2. The monoisotopic (exact) mass is 298 g/mol. The molecule has 0 aliphatic heterocycles. The average molecular weight is 299 g/mol. The van der Waals surface area contributed by atoms with Crippen molar-refractivity contribution in [3.63, 3.8) is 0 Å². The van der Waals surface area contributed by atoms with Crippen molar-refractivity contribution in [3.05, 3.63) is 23.0 Å². The van der Waals surface area contributed by atoms with Crippen molar-refractivity contribution in [1.82, 2.24) is 10.3 Å². The number of rotatable bonds is 4. The normalized spacial score (nSPS) is 26.2. The molecule has 0 radical (unpaired) electrons. The third-order valence-corrected chi connectivity index (χ3v) is 4.41. The van der Waals surface area contributed by atoms with Crippen molar-refractivity contribution in [2.24, 2.45) is 5.92 Å². The highest BCUT2D eigenvalue weighted by Gasteiger charge is 2.43. The minimum atomic E-state index is -1.15. The fourth-order valence-electron chi connectivity index (χ4n) is 2.75. The Balaban J connectivity index is 2.10. The number of carbonyl (C=O) groups is 2. The van der Waals surface area contributed by atoms with Crippen LogP contribution in [0.4, 0.5) is 0 Å². The molecule has 1 aliphatic rings. The first kappa shape index (κ1) is 14.9. The Bertz CT molecular complexity index is 504. The van der Waals surface area contributed by atoms with E-state index in [1.165, 1.54) is 12.3 Å². The van der Waals surface area contributed by atoms with Crippen LogP contribution in [-0.2, 0) is 4.79 Å². The van der Waals surface area contributed by atoms with Crippen LogP contribution in [0, 0.1) is 5.92 Å². The second-order valence-corrected chi connectivity index (χ2v) is 5.86. The van der Waals surface area contributed by atoms with Crippen molar-refractivity contribution in [3.8, 4) is 0 Å². The van der Waals surface area contributed by atoms with Gasteiger partial charge in [-0.2, -0.15) is 0 Å². The van der Waals surface area contributed by atoms with Crippen molar-refractivity contribution >= 4 is 23.5 Å². The number of halogens is 1. The van der Waals surface area contributed by atoms with Gasteiger partial charge in [-0.05, 0) is 37.7 Å². The van der Waals surface area contributed by atoms with E-state index in [4.69, 9.17) is 11.6 Å². The van der Waals surface area contributed by atoms with E-state index >= 15 is 0 Å². The van der Waals surface area contributed by atoms with Gasteiger partial charge >= 0.3 is 5.97 Å². The van der Waals surface area contributed by atoms with Gasteiger partial charge in [-0.1, -0.05) is 24.9 Å². The molecular weight excluding hydrogens is 280 g/mol. The van der Waals surface area contributed by atoms with Gasteiger partial charge in [-0.25, -0.2) is 4.79 Å². The molecule has 2 rings (SSSR count). The van der Waals surface area contributed by atoms with Crippen LogP contribution in [0.3, 0.4) is 0 Å². The average Bonchev–Trinajstić information content (AvgIpc) is 2.86. The molecule has 0 bridgehead atoms. The fraction of sp³-hybridized carbons (Fsp3) is 0.571. The lowest BCUT2D eigenvalue weighted by atomic mass is 9.75. The van der Waals surface area contributed by atoms with Crippen molar-refractivity contribution in [2.45, 2.75) is 44.6 Å². The highest BCUT2D eigenvalue weighted by molar-refractivity contribution is 6.31. The van der Waals surface area contributed by atoms with E-state index in [1.807, 2.05) is 0 Å². The van der Waals surface area contributed by atoms with Crippen LogP contribution in [-0.4, -0.2) is 27.5 Å². The third-order valence-electron chi connectivity index (χ3n) is 4.19. The van der Waals surface area contributed by atoms with E-state index in [-0.39, 0.29) is 5.69 Å². The molecule has 1 heterocycles. The Morgan fingerprint density at radius 3 is 2.60 bits per heavy atom. The maximum absolute atomic E-state index is 12.1. The number of hydrogen-bond donors (Lipinski definition) is 3. The molecule has 0 atom stereocenters. The maximum atomic E-state index is 12.1. The number of aromatic nitrogens is 1. The summed E-state index contributed by atoms with van der Waals surface area (Å²) in [6, 6.07) is 1.49. The number of hydrogen-bond acceptors (Lipinski definition) is 2. The molecule has 1 aromatic rings. The summed E-state index contributed by atoms with van der Waals surface area (Å²) in [7, 11) is 0. The van der Waals surface area contributed by atoms with E-state index < -0.39 is 17.4 Å². The van der Waals surface area contributed by atoms with Crippen molar-refractivity contribution < 1.29 is 14.7 Å². The Morgan fingerprint density at radius 1 is 1.50 bits per heavy atom. The second-order valence-electron chi connectivity index (χ2n) is 5.42. The fourth-order valence-corrected chi connectivity index (χ4v) is 2.92. The van der Waals surface area contributed by atoms with Gasteiger partial charge in [0.05, 0.1) is 5.02 Å². The predicted molar refractivity (Wildman–Crippen MR) is 75.9 cm³/mol. The second kappa shape index (κ2) is 5.87. The molecule has 5 nitrogen and oxygen atoms in total. The van der Waals surface area contributed by atoms with Crippen molar-refractivity contribution in [2.75, 3.05) is 0 Å². The molecule has 0 unspecified atom stereocenters. The molecule has 0 aromatic carbocycles. The molecule has 1 aromatic heterocycles. The van der Waals surface area contributed by atoms with Crippen LogP contribution in [0.15, 0.2) is 12.3 Å². The number of carboxylic acid groups (broad SMARTS) is 1. The molecule has 1 amide bonds. The van der Waals surface area contributed by atoms with Crippen molar-refractivity contribution in [1.29, 1.82) is 0 Å². The largest absolute Gasteiger partial charge is 0.480 e. The summed E-state index contributed by atoms with van der Waals surface area (Å²) in [4.78, 5) is 26.4. The number of nitrogens with one attached hydrogen (secondary N) is 2. The van der Waals surface area contributed by atoms with Crippen LogP contribution in [0.2, 0.25) is 5.02 Å². The first-order valence-electron chi connectivity index (χ1n) is 6.86. The Kier molecular flexibility index (Phi) is 4.38. The molecule has 6 heteroatoms. The van der Waals surface area contributed by atoms with E-state index in [2.05, 4.69) is 17.2 Å². The minimum absolute atomic E-state index is 0.285. The highest BCUT2D eigenvalue weighted by atomic mass is 35.5. The number of aromatic amines is 1. The minimum Gasteiger partial charge on any atom is -0.480 e. The highest BCUT2D eigenvalue weighted by Crippen LogP contribution is 2.34. The van der Waals surface area contributed by atoms with Gasteiger partial charge in [-0.15, -0.1) is 0 Å². The summed E-state index contributed by atoms with van der Waals surface area (Å²) in [5.41, 5.74) is -0.867. The van der Waals surface area contributed by atoms with E-state index in [0.29, 0.717) is 23.8 Å². The molecule has 110 valence electrons. The lowest BCUT2D eigenvalue weighted by molar-refractivity contribution is -0.146. The molecule has 1 fully saturated rings. The number of H-pyrrole nitrogens is 1. The molecule has 0 saturated heterocycles. The Labute approximate surface area is 122 Å². The van der Waals surface area contributed by atoms with Gasteiger partial charge in [0.1, 0.15) is 11.2 Å². The zero-order valence-electron chi connectivity index (χ0n) is 11.4. The van der Waals surface area contributed by atoms with Gasteiger partial charge in [0.25, 0.3) is 5.91 Å². The lowest BCUT2D eigenvalue weighted by Crippen LogP contribution is -2.56. The van der Waals surface area contributed by atoms with Gasteiger partial charge < -0.3 is 15.4 Å². The number of aliphatic carboxylic acids is 1. The summed E-state index contributed by atoms with van der Waals surface area (Å²) in [5, 5.41) is 12.6. The van der Waals surface area contributed by atoms with Crippen LogP contribution in [0.1, 0.15) is 49.5 Å². The van der Waals surface area contributed by atoms with E-state index in [0.717, 1.165) is 19.3 Å². The van der Waals surface area contributed by atoms with Gasteiger partial charge in [0.2, 0.25) is 0 Å². The molecule has 1 aliphatic carbocycles. The summed E-state index contributed by atoms with van der Waals surface area (Å²) >= 11 is 5.75. The summed E-state index contributed by atoms with van der Waals surface area (Å²) in [5.74, 6) is -0.827. The molecule has 0 spiro atoms. The molecule has 1 saturated carbocycles. The van der Waals surface area contributed by atoms with Gasteiger partial charge in [0, 0.05) is 6.20 Å². The lowest BCUT2D eigenvalue weighted by Gasteiger charge is -2.37. The summed E-state index contributed by atoms with van der Waals surface area (Å²) in [6.07, 6.45) is 5.15. The van der Waals surface area contributed by atoms with Crippen LogP contribution >= 0.6 is 11.6 Å². The Morgan fingerprint density at radius 2 is 2.15 bits per heavy atom. The quantitative estimate of drug-likeness (QED) is 0.799.